The Balaban J connectivity index is 1.55. The first-order valence-corrected chi connectivity index (χ1v) is 9.95. The van der Waals surface area contributed by atoms with Gasteiger partial charge >= 0.3 is 0 Å². The molecule has 0 spiro atoms. The standard InChI is InChI=1S/C21H27N7O/c1-27(2)21(29)14-3-7-16(8-4-14)24-18-13-19(26-28-12-11-23-20(18)28)25-17-9-5-15(22)6-10-17/h3-4,7-8,11-13,15,17,24H,5-6,9-10,22H2,1-2H3,(H,25,26)/t15-,17-. The summed E-state index contributed by atoms with van der Waals surface area (Å²) in [4.78, 5) is 18.1. The van der Waals surface area contributed by atoms with Crippen LogP contribution < -0.4 is 16.4 Å². The fourth-order valence-electron chi connectivity index (χ4n) is 3.66. The van der Waals surface area contributed by atoms with Crippen LogP contribution in [0.2, 0.25) is 0 Å². The molecule has 1 aliphatic carbocycles. The van der Waals surface area contributed by atoms with E-state index in [-0.39, 0.29) is 5.91 Å². The zero-order valence-electron chi connectivity index (χ0n) is 16.8. The molecule has 1 saturated carbocycles. The van der Waals surface area contributed by atoms with E-state index in [4.69, 9.17) is 5.73 Å². The van der Waals surface area contributed by atoms with E-state index in [9.17, 15) is 4.79 Å². The summed E-state index contributed by atoms with van der Waals surface area (Å²) in [6.45, 7) is 0. The summed E-state index contributed by atoms with van der Waals surface area (Å²) >= 11 is 0. The Morgan fingerprint density at radius 2 is 1.90 bits per heavy atom. The third-order valence-corrected chi connectivity index (χ3v) is 5.30. The maximum atomic E-state index is 12.1. The minimum Gasteiger partial charge on any atom is -0.366 e. The second-order valence-electron chi connectivity index (χ2n) is 7.80. The molecule has 1 aliphatic rings. The quantitative estimate of drug-likeness (QED) is 0.616. The minimum absolute atomic E-state index is 0.0187. The van der Waals surface area contributed by atoms with E-state index in [1.165, 1.54) is 0 Å². The Morgan fingerprint density at radius 1 is 1.17 bits per heavy atom. The SMILES string of the molecule is CN(C)C(=O)c1ccc(Nc2cc(N[C@H]3CC[C@H](N)CC3)nn3ccnc23)cc1. The molecule has 152 valence electrons. The molecule has 29 heavy (non-hydrogen) atoms. The van der Waals surface area contributed by atoms with E-state index in [0.717, 1.165) is 48.5 Å². The van der Waals surface area contributed by atoms with E-state index in [1.54, 1.807) is 29.7 Å². The van der Waals surface area contributed by atoms with E-state index >= 15 is 0 Å². The van der Waals surface area contributed by atoms with Gasteiger partial charge in [-0.3, -0.25) is 4.79 Å². The number of benzene rings is 1. The Hall–Kier alpha value is -3.13. The Kier molecular flexibility index (Phi) is 5.35. The highest BCUT2D eigenvalue weighted by molar-refractivity contribution is 5.94. The van der Waals surface area contributed by atoms with Crippen LogP contribution in [0.5, 0.6) is 0 Å². The first kappa shape index (κ1) is 19.2. The van der Waals surface area contributed by atoms with Gasteiger partial charge in [0.05, 0.1) is 5.69 Å². The molecule has 4 N–H and O–H groups in total. The Labute approximate surface area is 170 Å². The minimum atomic E-state index is -0.0187. The number of hydrogen-bond acceptors (Lipinski definition) is 6. The molecule has 4 rings (SSSR count). The maximum Gasteiger partial charge on any atom is 0.253 e. The lowest BCUT2D eigenvalue weighted by atomic mass is 9.92. The molecule has 0 radical (unpaired) electrons. The number of nitrogens with two attached hydrogens (primary N) is 1. The smallest absolute Gasteiger partial charge is 0.253 e. The Bertz CT molecular complexity index is 988. The van der Waals surface area contributed by atoms with Crippen molar-refractivity contribution in [3.63, 3.8) is 0 Å². The summed E-state index contributed by atoms with van der Waals surface area (Å²) in [7, 11) is 3.49. The molecule has 2 heterocycles. The third-order valence-electron chi connectivity index (χ3n) is 5.30. The number of hydrogen-bond donors (Lipinski definition) is 3. The van der Waals surface area contributed by atoms with Gasteiger partial charge < -0.3 is 21.3 Å². The molecular weight excluding hydrogens is 366 g/mol. The average Bonchev–Trinajstić information content (AvgIpc) is 3.19. The Morgan fingerprint density at radius 3 is 2.59 bits per heavy atom. The highest BCUT2D eigenvalue weighted by Crippen LogP contribution is 2.26. The summed E-state index contributed by atoms with van der Waals surface area (Å²) in [5.74, 6) is 0.785. The van der Waals surface area contributed by atoms with Crippen LogP contribution in [0.3, 0.4) is 0 Å². The molecule has 0 atom stereocenters. The van der Waals surface area contributed by atoms with Crippen molar-refractivity contribution in [2.24, 2.45) is 5.73 Å². The molecule has 0 saturated heterocycles. The number of nitrogens with one attached hydrogen (secondary N) is 2. The number of anilines is 3. The van der Waals surface area contributed by atoms with Gasteiger partial charge in [0.25, 0.3) is 5.91 Å². The number of imidazole rings is 1. The number of nitrogens with zero attached hydrogens (tertiary/aromatic N) is 4. The fraction of sp³-hybridized carbons (Fsp3) is 0.381. The molecule has 8 nitrogen and oxygen atoms in total. The van der Waals surface area contributed by atoms with Crippen LogP contribution in [-0.4, -0.2) is 51.6 Å². The molecule has 8 heteroatoms. The second kappa shape index (κ2) is 8.08. The lowest BCUT2D eigenvalue weighted by Crippen LogP contribution is -2.33. The van der Waals surface area contributed by atoms with Gasteiger partial charge in [0.2, 0.25) is 0 Å². The number of fused-ring (bicyclic) bond motifs is 1. The average molecular weight is 393 g/mol. The maximum absolute atomic E-state index is 12.1. The zero-order chi connectivity index (χ0) is 20.4. The fourth-order valence-corrected chi connectivity index (χ4v) is 3.66. The van der Waals surface area contributed by atoms with Gasteiger partial charge in [0, 0.05) is 55.9 Å². The number of carbonyl (C=O) groups excluding carboxylic acids is 1. The van der Waals surface area contributed by atoms with Crippen molar-refractivity contribution in [3.8, 4) is 0 Å². The summed E-state index contributed by atoms with van der Waals surface area (Å²) in [6, 6.07) is 10.1. The largest absolute Gasteiger partial charge is 0.366 e. The van der Waals surface area contributed by atoms with Crippen LogP contribution in [0.4, 0.5) is 17.2 Å². The van der Waals surface area contributed by atoms with E-state index in [1.807, 2.05) is 36.5 Å². The van der Waals surface area contributed by atoms with Crippen LogP contribution in [0.15, 0.2) is 42.7 Å². The van der Waals surface area contributed by atoms with Gasteiger partial charge in [-0.05, 0) is 49.9 Å². The van der Waals surface area contributed by atoms with Crippen LogP contribution in [-0.2, 0) is 0 Å². The number of carbonyl (C=O) groups is 1. The van der Waals surface area contributed by atoms with Gasteiger partial charge in [0.1, 0.15) is 5.82 Å². The molecular formula is C21H27N7O. The third kappa shape index (κ3) is 4.32. The van der Waals surface area contributed by atoms with Gasteiger partial charge in [-0.15, -0.1) is 5.10 Å². The topological polar surface area (TPSA) is 101 Å². The van der Waals surface area contributed by atoms with Crippen molar-refractivity contribution in [1.82, 2.24) is 19.5 Å². The van der Waals surface area contributed by atoms with Crippen molar-refractivity contribution in [1.29, 1.82) is 0 Å². The summed E-state index contributed by atoms with van der Waals surface area (Å²) < 4.78 is 1.77. The second-order valence-corrected chi connectivity index (χ2v) is 7.80. The molecule has 2 aromatic heterocycles. The van der Waals surface area contributed by atoms with Crippen molar-refractivity contribution >= 4 is 28.7 Å². The van der Waals surface area contributed by atoms with E-state index in [2.05, 4.69) is 20.7 Å². The first-order chi connectivity index (χ1) is 14.0. The van der Waals surface area contributed by atoms with Crippen LogP contribution in [0, 0.1) is 0 Å². The number of rotatable bonds is 5. The van der Waals surface area contributed by atoms with Gasteiger partial charge in [0.15, 0.2) is 5.65 Å². The van der Waals surface area contributed by atoms with Crippen molar-refractivity contribution in [2.75, 3.05) is 24.7 Å². The van der Waals surface area contributed by atoms with Crippen LogP contribution >= 0.6 is 0 Å². The number of aromatic nitrogens is 3. The van der Waals surface area contributed by atoms with Gasteiger partial charge in [-0.1, -0.05) is 0 Å². The van der Waals surface area contributed by atoms with Crippen LogP contribution in [0.1, 0.15) is 36.0 Å². The van der Waals surface area contributed by atoms with Gasteiger partial charge in [-0.25, -0.2) is 9.50 Å². The molecule has 3 aromatic rings. The highest BCUT2D eigenvalue weighted by atomic mass is 16.2. The lowest BCUT2D eigenvalue weighted by molar-refractivity contribution is 0.0827. The van der Waals surface area contributed by atoms with E-state index < -0.39 is 0 Å². The summed E-state index contributed by atoms with van der Waals surface area (Å²) in [5.41, 5.74) is 9.15. The van der Waals surface area contributed by atoms with E-state index in [0.29, 0.717) is 17.6 Å². The predicted molar refractivity (Wildman–Crippen MR) is 115 cm³/mol. The van der Waals surface area contributed by atoms with Crippen molar-refractivity contribution < 1.29 is 4.79 Å². The molecule has 1 fully saturated rings. The zero-order valence-corrected chi connectivity index (χ0v) is 16.8. The normalized spacial score (nSPS) is 19.1. The lowest BCUT2D eigenvalue weighted by Gasteiger charge is -2.27. The highest BCUT2D eigenvalue weighted by Gasteiger charge is 2.19. The summed E-state index contributed by atoms with van der Waals surface area (Å²) in [5, 5.41) is 11.6. The molecule has 0 bridgehead atoms. The molecule has 1 amide bonds. The number of amides is 1. The van der Waals surface area contributed by atoms with Gasteiger partial charge in [-0.2, -0.15) is 0 Å². The van der Waals surface area contributed by atoms with Crippen LogP contribution in [0.25, 0.3) is 5.65 Å². The summed E-state index contributed by atoms with van der Waals surface area (Å²) in [6.07, 6.45) is 7.74. The first-order valence-electron chi connectivity index (χ1n) is 9.95. The predicted octanol–water partition coefficient (Wildman–Crippen LogP) is 2.86. The van der Waals surface area contributed by atoms with Crippen molar-refractivity contribution in [2.45, 2.75) is 37.8 Å². The molecule has 0 unspecified atom stereocenters. The molecule has 1 aromatic carbocycles. The molecule has 0 aliphatic heterocycles. The monoisotopic (exact) mass is 393 g/mol. The van der Waals surface area contributed by atoms with Crippen molar-refractivity contribution in [3.05, 3.63) is 48.3 Å².